The van der Waals surface area contributed by atoms with Crippen molar-refractivity contribution in [2.75, 3.05) is 24.6 Å². The molecule has 4 nitrogen and oxygen atoms in total. The molecule has 0 N–H and O–H groups in total. The van der Waals surface area contributed by atoms with Gasteiger partial charge in [0.1, 0.15) is 5.82 Å². The summed E-state index contributed by atoms with van der Waals surface area (Å²) in [6.45, 7) is 13.9. The van der Waals surface area contributed by atoms with Gasteiger partial charge >= 0.3 is 6.01 Å². The molecule has 0 radical (unpaired) electrons. The molecule has 0 aromatic carbocycles. The Hall–Kier alpha value is -1.32. The standard InChI is InChI=1S/C20H37N3O/c1-6-11-12-16-24-20-21-18(10-5)17(13-7-2)19(22-20)23(14-8-3)15-9-4/h6-16H2,1-5H3. The second kappa shape index (κ2) is 12.1. The maximum Gasteiger partial charge on any atom is 0.318 e. The highest BCUT2D eigenvalue weighted by Crippen LogP contribution is 2.26. The van der Waals surface area contributed by atoms with Crippen molar-refractivity contribution >= 4 is 5.82 Å². The third kappa shape index (κ3) is 6.29. The van der Waals surface area contributed by atoms with E-state index in [0.717, 1.165) is 63.1 Å². The molecule has 1 aromatic rings. The van der Waals surface area contributed by atoms with Crippen LogP contribution in [0.2, 0.25) is 0 Å². The van der Waals surface area contributed by atoms with Crippen LogP contribution in [0.15, 0.2) is 0 Å². The number of aromatic nitrogens is 2. The van der Waals surface area contributed by atoms with Crippen molar-refractivity contribution in [3.63, 3.8) is 0 Å². The lowest BCUT2D eigenvalue weighted by molar-refractivity contribution is 0.281. The second-order valence-corrected chi connectivity index (χ2v) is 6.40. The summed E-state index contributed by atoms with van der Waals surface area (Å²) >= 11 is 0. The van der Waals surface area contributed by atoms with E-state index in [1.807, 2.05) is 0 Å². The Bertz CT molecular complexity index is 456. The predicted octanol–water partition coefficient (Wildman–Crippen LogP) is 5.19. The Morgan fingerprint density at radius 3 is 2.08 bits per heavy atom. The van der Waals surface area contributed by atoms with Gasteiger partial charge in [0.25, 0.3) is 0 Å². The normalized spacial score (nSPS) is 10.9. The number of unbranched alkanes of at least 4 members (excludes halogenated alkanes) is 2. The first-order valence-corrected chi connectivity index (χ1v) is 9.99. The molecule has 0 aliphatic rings. The fraction of sp³-hybridized carbons (Fsp3) is 0.800. The number of ether oxygens (including phenoxy) is 1. The van der Waals surface area contributed by atoms with E-state index in [-0.39, 0.29) is 0 Å². The highest BCUT2D eigenvalue weighted by atomic mass is 16.5. The quantitative estimate of drug-likeness (QED) is 0.465. The first-order valence-electron chi connectivity index (χ1n) is 9.99. The molecule has 4 heteroatoms. The van der Waals surface area contributed by atoms with Crippen molar-refractivity contribution in [1.29, 1.82) is 0 Å². The lowest BCUT2D eigenvalue weighted by Crippen LogP contribution is -2.28. The van der Waals surface area contributed by atoms with Gasteiger partial charge in [-0.05, 0) is 32.1 Å². The van der Waals surface area contributed by atoms with Gasteiger partial charge in [-0.2, -0.15) is 9.97 Å². The summed E-state index contributed by atoms with van der Waals surface area (Å²) in [5, 5.41) is 0. The first kappa shape index (κ1) is 20.7. The predicted molar refractivity (Wildman–Crippen MR) is 103 cm³/mol. The molecular formula is C20H37N3O. The lowest BCUT2D eigenvalue weighted by atomic mass is 10.1. The van der Waals surface area contributed by atoms with Crippen molar-refractivity contribution in [2.24, 2.45) is 0 Å². The Morgan fingerprint density at radius 2 is 1.54 bits per heavy atom. The Morgan fingerprint density at radius 1 is 0.833 bits per heavy atom. The molecule has 0 bridgehead atoms. The summed E-state index contributed by atoms with van der Waals surface area (Å²) in [4.78, 5) is 12.0. The van der Waals surface area contributed by atoms with Gasteiger partial charge in [-0.15, -0.1) is 0 Å². The number of hydrogen-bond acceptors (Lipinski definition) is 4. The van der Waals surface area contributed by atoms with Gasteiger partial charge in [0.2, 0.25) is 0 Å². The van der Waals surface area contributed by atoms with Gasteiger partial charge in [-0.25, -0.2) is 0 Å². The van der Waals surface area contributed by atoms with Crippen LogP contribution in [-0.2, 0) is 12.8 Å². The molecule has 138 valence electrons. The van der Waals surface area contributed by atoms with Crippen LogP contribution < -0.4 is 9.64 Å². The van der Waals surface area contributed by atoms with Crippen LogP contribution in [0.3, 0.4) is 0 Å². The zero-order valence-corrected chi connectivity index (χ0v) is 16.5. The van der Waals surface area contributed by atoms with Gasteiger partial charge in [0, 0.05) is 18.7 Å². The number of aryl methyl sites for hydroxylation is 1. The molecule has 0 unspecified atom stereocenters. The highest BCUT2D eigenvalue weighted by molar-refractivity contribution is 5.50. The first-order chi connectivity index (χ1) is 11.7. The molecule has 0 spiro atoms. The van der Waals surface area contributed by atoms with Crippen LogP contribution >= 0.6 is 0 Å². The number of hydrogen-bond donors (Lipinski definition) is 0. The van der Waals surface area contributed by atoms with Crippen LogP contribution in [0.4, 0.5) is 5.82 Å². The van der Waals surface area contributed by atoms with Gasteiger partial charge in [0.15, 0.2) is 0 Å². The lowest BCUT2D eigenvalue weighted by Gasteiger charge is -2.26. The van der Waals surface area contributed by atoms with Crippen LogP contribution in [0, 0.1) is 0 Å². The Kier molecular flexibility index (Phi) is 10.4. The SMILES string of the molecule is CCCCCOc1nc(CC)c(CCC)c(N(CCC)CCC)n1. The molecule has 24 heavy (non-hydrogen) atoms. The monoisotopic (exact) mass is 335 g/mol. The molecular weight excluding hydrogens is 298 g/mol. The molecule has 1 aromatic heterocycles. The van der Waals surface area contributed by atoms with Gasteiger partial charge in [-0.3, -0.25) is 0 Å². The maximum atomic E-state index is 5.88. The van der Waals surface area contributed by atoms with Gasteiger partial charge < -0.3 is 9.64 Å². The average Bonchev–Trinajstić information content (AvgIpc) is 2.59. The average molecular weight is 336 g/mol. The minimum atomic E-state index is 0.565. The summed E-state index contributed by atoms with van der Waals surface area (Å²) in [6, 6.07) is 0.565. The van der Waals surface area contributed by atoms with E-state index in [1.54, 1.807) is 0 Å². The van der Waals surface area contributed by atoms with Crippen molar-refractivity contribution in [3.8, 4) is 6.01 Å². The number of anilines is 1. The molecule has 0 aliphatic carbocycles. The van der Waals surface area contributed by atoms with E-state index in [4.69, 9.17) is 14.7 Å². The molecule has 0 saturated carbocycles. The molecule has 1 heterocycles. The fourth-order valence-corrected chi connectivity index (χ4v) is 3.00. The van der Waals surface area contributed by atoms with E-state index in [2.05, 4.69) is 39.5 Å². The maximum absolute atomic E-state index is 5.88. The minimum absolute atomic E-state index is 0.565. The van der Waals surface area contributed by atoms with Crippen molar-refractivity contribution in [2.45, 2.75) is 86.0 Å². The molecule has 0 saturated heterocycles. The van der Waals surface area contributed by atoms with Crippen LogP contribution in [0.5, 0.6) is 6.01 Å². The molecule has 0 amide bonds. The molecule has 0 atom stereocenters. The summed E-state index contributed by atoms with van der Waals surface area (Å²) in [7, 11) is 0. The van der Waals surface area contributed by atoms with E-state index in [1.165, 1.54) is 18.4 Å². The van der Waals surface area contributed by atoms with Crippen molar-refractivity contribution in [1.82, 2.24) is 9.97 Å². The topological polar surface area (TPSA) is 38.2 Å². The van der Waals surface area contributed by atoms with Crippen LogP contribution in [0.1, 0.15) is 84.4 Å². The molecule has 1 rings (SSSR count). The van der Waals surface area contributed by atoms with E-state index >= 15 is 0 Å². The van der Waals surface area contributed by atoms with E-state index in [9.17, 15) is 0 Å². The zero-order valence-electron chi connectivity index (χ0n) is 16.5. The fourth-order valence-electron chi connectivity index (χ4n) is 3.00. The van der Waals surface area contributed by atoms with Gasteiger partial charge in [0.05, 0.1) is 12.3 Å². The summed E-state index contributed by atoms with van der Waals surface area (Å²) < 4.78 is 5.88. The van der Waals surface area contributed by atoms with E-state index in [0.29, 0.717) is 12.6 Å². The molecule has 0 fully saturated rings. The summed E-state index contributed by atoms with van der Waals surface area (Å²) in [5.41, 5.74) is 2.48. The van der Waals surface area contributed by atoms with Gasteiger partial charge in [-0.1, -0.05) is 53.9 Å². The van der Waals surface area contributed by atoms with E-state index < -0.39 is 0 Å². The summed E-state index contributed by atoms with van der Waals surface area (Å²) in [5.74, 6) is 1.11. The third-order valence-electron chi connectivity index (χ3n) is 4.15. The van der Waals surface area contributed by atoms with Crippen LogP contribution in [-0.4, -0.2) is 29.7 Å². The second-order valence-electron chi connectivity index (χ2n) is 6.40. The largest absolute Gasteiger partial charge is 0.463 e. The summed E-state index contributed by atoms with van der Waals surface area (Å²) in [6.07, 6.45) is 8.81. The smallest absolute Gasteiger partial charge is 0.318 e. The van der Waals surface area contributed by atoms with Crippen molar-refractivity contribution < 1.29 is 4.74 Å². The van der Waals surface area contributed by atoms with Crippen LogP contribution in [0.25, 0.3) is 0 Å². The number of nitrogens with zero attached hydrogens (tertiary/aromatic N) is 3. The Labute approximate surface area is 149 Å². The van der Waals surface area contributed by atoms with Crippen molar-refractivity contribution in [3.05, 3.63) is 11.3 Å². The number of rotatable bonds is 13. The Balaban J connectivity index is 3.12. The third-order valence-corrected chi connectivity index (χ3v) is 4.15. The minimum Gasteiger partial charge on any atom is -0.463 e. The highest BCUT2D eigenvalue weighted by Gasteiger charge is 2.18. The zero-order chi connectivity index (χ0) is 17.8. The molecule has 0 aliphatic heterocycles.